The van der Waals surface area contributed by atoms with E-state index in [9.17, 15) is 17.7 Å². The molecule has 1 heterocycles. The zero-order valence-electron chi connectivity index (χ0n) is 22.1. The summed E-state index contributed by atoms with van der Waals surface area (Å²) in [6.07, 6.45) is -5.78. The minimum absolute atomic E-state index is 0.00916. The van der Waals surface area contributed by atoms with Gasteiger partial charge in [-0.3, -0.25) is 4.57 Å². The highest BCUT2D eigenvalue weighted by molar-refractivity contribution is 7.54. The third-order valence-electron chi connectivity index (χ3n) is 4.98. The van der Waals surface area contributed by atoms with Crippen LogP contribution < -0.4 is 0 Å². The van der Waals surface area contributed by atoms with E-state index in [0.29, 0.717) is 0 Å². The monoisotopic (exact) mass is 573 g/mol. The largest absolute Gasteiger partial charge is 0.573 e. The predicted molar refractivity (Wildman–Crippen MR) is 134 cm³/mol. The van der Waals surface area contributed by atoms with Gasteiger partial charge in [0.1, 0.15) is 7.85 Å². The molecule has 1 aliphatic heterocycles. The van der Waals surface area contributed by atoms with Crippen LogP contribution in [0.3, 0.4) is 0 Å². The maximum atomic E-state index is 13.3. The van der Waals surface area contributed by atoms with Crippen molar-refractivity contribution >= 4 is 30.4 Å². The Bertz CT molecular complexity index is 771. The molecule has 0 aromatic carbocycles. The Hall–Kier alpha value is -0.765. The standard InChI is InChI=1S/C21H37BF3N3O7P2/c1-7-32-37(29,33-8-2)19(27-14-30-21(23,24)25)13-17-12-18(20(22)34-17)35-36(31-11-9-10-26)28(15(3)4)16(5)6/h14-20H,7-9,11-13H2,1-6H3/t17-,18-,19?,20+,36?/m0/s1. The van der Waals surface area contributed by atoms with Crippen molar-refractivity contribution in [2.75, 3.05) is 19.8 Å². The van der Waals surface area contributed by atoms with Gasteiger partial charge in [-0.2, -0.15) is 5.26 Å². The summed E-state index contributed by atoms with van der Waals surface area (Å²) in [7, 11) is 0.615. The quantitative estimate of drug-likeness (QED) is 0.0735. The Morgan fingerprint density at radius 1 is 1.24 bits per heavy atom. The Morgan fingerprint density at radius 3 is 2.32 bits per heavy atom. The molecule has 0 spiro atoms. The van der Waals surface area contributed by atoms with E-state index in [1.807, 2.05) is 38.4 Å². The van der Waals surface area contributed by atoms with Crippen molar-refractivity contribution in [2.24, 2.45) is 4.99 Å². The first-order valence-electron chi connectivity index (χ1n) is 12.1. The second-order valence-electron chi connectivity index (χ2n) is 8.56. The van der Waals surface area contributed by atoms with Crippen LogP contribution >= 0.6 is 16.1 Å². The van der Waals surface area contributed by atoms with Gasteiger partial charge in [0.25, 0.3) is 8.53 Å². The molecule has 0 aromatic rings. The molecule has 0 aromatic heterocycles. The number of alkyl halides is 3. The Labute approximate surface area is 220 Å². The summed E-state index contributed by atoms with van der Waals surface area (Å²) >= 11 is 0. The number of halogens is 3. The summed E-state index contributed by atoms with van der Waals surface area (Å²) in [4.78, 5) is 3.72. The van der Waals surface area contributed by atoms with Crippen LogP contribution in [0.2, 0.25) is 0 Å². The Balaban J connectivity index is 3.07. The molecular formula is C21H37BF3N3O7P2. The van der Waals surface area contributed by atoms with E-state index in [-0.39, 0.29) is 57.6 Å². The van der Waals surface area contributed by atoms with E-state index in [1.165, 1.54) is 0 Å². The zero-order valence-corrected chi connectivity index (χ0v) is 23.9. The molecule has 2 unspecified atom stereocenters. The number of nitrogens with zero attached hydrogens (tertiary/aromatic N) is 3. The van der Waals surface area contributed by atoms with Crippen LogP contribution in [-0.4, -0.2) is 81.2 Å². The average molecular weight is 573 g/mol. The van der Waals surface area contributed by atoms with Crippen LogP contribution in [-0.2, 0) is 32.1 Å². The van der Waals surface area contributed by atoms with E-state index in [0.717, 1.165) is 0 Å². The Morgan fingerprint density at radius 2 is 1.84 bits per heavy atom. The van der Waals surface area contributed by atoms with Gasteiger partial charge in [-0.25, -0.2) is 9.66 Å². The first kappa shape index (κ1) is 34.3. The minimum Gasteiger partial charge on any atom is -0.395 e. The van der Waals surface area contributed by atoms with Crippen LogP contribution in [0.4, 0.5) is 13.2 Å². The predicted octanol–water partition coefficient (Wildman–Crippen LogP) is 5.48. The number of ether oxygens (including phenoxy) is 2. The lowest BCUT2D eigenvalue weighted by atomic mass is 9.94. The molecule has 0 bridgehead atoms. The zero-order chi connectivity index (χ0) is 28.2. The normalized spacial score (nSPS) is 22.7. The van der Waals surface area contributed by atoms with Gasteiger partial charge >= 0.3 is 14.0 Å². The van der Waals surface area contributed by atoms with Crippen molar-refractivity contribution in [1.82, 2.24) is 4.67 Å². The number of hydrogen-bond acceptors (Lipinski definition) is 10. The molecule has 1 fully saturated rings. The number of hydrogen-bond donors (Lipinski definition) is 0. The number of rotatable bonds is 17. The van der Waals surface area contributed by atoms with Crippen molar-refractivity contribution in [1.29, 1.82) is 5.26 Å². The fourth-order valence-corrected chi connectivity index (χ4v) is 7.25. The molecule has 0 saturated carbocycles. The summed E-state index contributed by atoms with van der Waals surface area (Å²) in [5.74, 6) is -1.33. The second kappa shape index (κ2) is 16.4. The van der Waals surface area contributed by atoms with Crippen LogP contribution in [0, 0.1) is 11.3 Å². The smallest absolute Gasteiger partial charge is 0.395 e. The van der Waals surface area contributed by atoms with Crippen molar-refractivity contribution < 1.29 is 45.3 Å². The van der Waals surface area contributed by atoms with E-state index in [2.05, 4.69) is 9.73 Å². The highest BCUT2D eigenvalue weighted by atomic mass is 31.2. The molecule has 2 radical (unpaired) electrons. The van der Waals surface area contributed by atoms with E-state index >= 15 is 0 Å². The molecule has 5 atom stereocenters. The summed E-state index contributed by atoms with van der Waals surface area (Å²) < 4.78 is 85.0. The van der Waals surface area contributed by atoms with Crippen molar-refractivity contribution in [2.45, 2.75) is 103 Å². The first-order chi connectivity index (χ1) is 17.3. The molecule has 16 heteroatoms. The van der Waals surface area contributed by atoms with Gasteiger partial charge in [0.05, 0.1) is 44.5 Å². The maximum absolute atomic E-state index is 13.3. The van der Waals surface area contributed by atoms with Crippen LogP contribution in [0.5, 0.6) is 0 Å². The molecular weight excluding hydrogens is 536 g/mol. The third kappa shape index (κ3) is 11.9. The van der Waals surface area contributed by atoms with Gasteiger partial charge in [-0.15, -0.1) is 13.2 Å². The summed E-state index contributed by atoms with van der Waals surface area (Å²) in [6.45, 7) is 11.3. The van der Waals surface area contributed by atoms with Gasteiger partial charge in [0.2, 0.25) is 0 Å². The highest BCUT2D eigenvalue weighted by Gasteiger charge is 2.43. The minimum atomic E-state index is -4.96. The summed E-state index contributed by atoms with van der Waals surface area (Å²) in [5.41, 5.74) is 0. The maximum Gasteiger partial charge on any atom is 0.573 e. The third-order valence-corrected chi connectivity index (χ3v) is 9.44. The lowest BCUT2D eigenvalue weighted by Crippen LogP contribution is -2.36. The first-order valence-corrected chi connectivity index (χ1v) is 14.8. The van der Waals surface area contributed by atoms with Gasteiger partial charge in [-0.1, -0.05) is 0 Å². The van der Waals surface area contributed by atoms with Crippen LogP contribution in [0.25, 0.3) is 0 Å². The number of aliphatic imine (C=N–C) groups is 1. The van der Waals surface area contributed by atoms with Gasteiger partial charge in [0, 0.05) is 30.9 Å². The molecule has 0 amide bonds. The Kier molecular flexibility index (Phi) is 15.2. The molecule has 1 rings (SSSR count). The molecule has 1 aliphatic rings. The van der Waals surface area contributed by atoms with E-state index in [1.54, 1.807) is 13.8 Å². The number of nitriles is 1. The molecule has 1 saturated heterocycles. The summed E-state index contributed by atoms with van der Waals surface area (Å²) in [5, 5.41) is 8.89. The van der Waals surface area contributed by atoms with Gasteiger partial charge in [0.15, 0.2) is 12.2 Å². The van der Waals surface area contributed by atoms with Crippen LogP contribution in [0.15, 0.2) is 4.99 Å². The summed E-state index contributed by atoms with van der Waals surface area (Å²) in [6, 6.07) is 1.28. The van der Waals surface area contributed by atoms with Crippen molar-refractivity contribution in [3.63, 3.8) is 0 Å². The highest BCUT2D eigenvalue weighted by Crippen LogP contribution is 2.56. The molecule has 0 aliphatic carbocycles. The fraction of sp³-hybridized carbons (Fsp3) is 0.905. The second-order valence-corrected chi connectivity index (χ2v) is 12.2. The molecule has 0 N–H and O–H groups in total. The SMILES string of the molecule is [B][C@@H]1O[C@H](CC(N=COC(F)(F)F)P(=O)(OCC)OCC)C[C@@H]1OP(OCCC#N)N(C(C)C)C(C)C. The van der Waals surface area contributed by atoms with Crippen molar-refractivity contribution in [3.05, 3.63) is 0 Å². The lowest BCUT2D eigenvalue weighted by Gasteiger charge is -2.37. The molecule has 212 valence electrons. The lowest BCUT2D eigenvalue weighted by molar-refractivity contribution is -0.280. The average Bonchev–Trinajstić information content (AvgIpc) is 3.10. The van der Waals surface area contributed by atoms with Crippen LogP contribution in [0.1, 0.15) is 60.8 Å². The van der Waals surface area contributed by atoms with Gasteiger partial charge in [-0.05, 0) is 41.5 Å². The molecule has 37 heavy (non-hydrogen) atoms. The topological polar surface area (TPSA) is 112 Å². The molecule has 10 nitrogen and oxygen atoms in total. The van der Waals surface area contributed by atoms with Gasteiger partial charge < -0.3 is 27.6 Å². The van der Waals surface area contributed by atoms with Crippen molar-refractivity contribution in [3.8, 4) is 6.07 Å². The fourth-order valence-electron chi connectivity index (χ4n) is 3.66. The van der Waals surface area contributed by atoms with E-state index < -0.39 is 46.5 Å². The van der Waals surface area contributed by atoms with E-state index in [4.69, 9.17) is 35.9 Å².